The van der Waals surface area contributed by atoms with Gasteiger partial charge in [-0.1, -0.05) is 46.3 Å². The number of ketones is 2. The van der Waals surface area contributed by atoms with Crippen molar-refractivity contribution in [2.24, 2.45) is 5.92 Å². The van der Waals surface area contributed by atoms with E-state index in [9.17, 15) is 23.9 Å². The number of β-amino-alcohol motifs (C(OH)–C–C–N with tert-alkyl or cyclic N) is 1. The van der Waals surface area contributed by atoms with Crippen molar-refractivity contribution < 1.29 is 23.9 Å². The molecule has 0 aliphatic carbocycles. The van der Waals surface area contributed by atoms with Crippen molar-refractivity contribution in [1.82, 2.24) is 4.90 Å². The van der Waals surface area contributed by atoms with E-state index in [0.29, 0.717) is 0 Å². The maximum absolute atomic E-state index is 14.4. The summed E-state index contributed by atoms with van der Waals surface area (Å²) in [6.07, 6.45) is 0. The highest BCUT2D eigenvalue weighted by molar-refractivity contribution is 9.10. The number of aliphatic hydroxyl groups excluding tert-OH is 1. The summed E-state index contributed by atoms with van der Waals surface area (Å²) < 4.78 is 15.1. The van der Waals surface area contributed by atoms with Crippen molar-refractivity contribution in [3.63, 3.8) is 0 Å². The first-order chi connectivity index (χ1) is 12.5. The first-order valence-electron chi connectivity index (χ1n) is 7.95. The molecule has 2 atom stereocenters. The topological polar surface area (TPSA) is 74.7 Å². The monoisotopic (exact) mass is 419 g/mol. The Bertz CT molecular complexity index is 868. The summed E-state index contributed by atoms with van der Waals surface area (Å²) in [7, 11) is 0. The van der Waals surface area contributed by atoms with Gasteiger partial charge in [0.15, 0.2) is 5.78 Å². The standard InChI is InChI=1S/C19H15BrFNO4/c20-12-7-5-11(6-8-12)17(24)15-16(13-3-1-2-4-14(13)21)22(9-10-23)19(26)18(15)25/h1-8,15-16,23H,9-10H2. The summed E-state index contributed by atoms with van der Waals surface area (Å²) in [4.78, 5) is 38.9. The van der Waals surface area contributed by atoms with E-state index < -0.39 is 41.9 Å². The summed E-state index contributed by atoms with van der Waals surface area (Å²) in [6, 6.07) is 11.0. The van der Waals surface area contributed by atoms with Crippen LogP contribution in [0.4, 0.5) is 4.39 Å². The smallest absolute Gasteiger partial charge is 0.291 e. The molecule has 1 amide bonds. The Labute approximate surface area is 157 Å². The van der Waals surface area contributed by atoms with Crippen molar-refractivity contribution >= 4 is 33.4 Å². The molecular weight excluding hydrogens is 405 g/mol. The van der Waals surface area contributed by atoms with Crippen molar-refractivity contribution in [3.8, 4) is 0 Å². The van der Waals surface area contributed by atoms with Crippen molar-refractivity contribution in [2.75, 3.05) is 13.2 Å². The Kier molecular flexibility index (Phi) is 5.29. The number of benzene rings is 2. The molecular formula is C19H15BrFNO4. The molecule has 26 heavy (non-hydrogen) atoms. The van der Waals surface area contributed by atoms with Gasteiger partial charge in [-0.15, -0.1) is 0 Å². The highest BCUT2D eigenvalue weighted by atomic mass is 79.9. The van der Waals surface area contributed by atoms with E-state index in [-0.39, 0.29) is 17.7 Å². The van der Waals surface area contributed by atoms with Crippen LogP contribution >= 0.6 is 15.9 Å². The maximum atomic E-state index is 14.4. The number of nitrogens with zero attached hydrogens (tertiary/aromatic N) is 1. The van der Waals surface area contributed by atoms with Crippen molar-refractivity contribution in [2.45, 2.75) is 6.04 Å². The zero-order valence-electron chi connectivity index (χ0n) is 13.6. The second-order valence-electron chi connectivity index (χ2n) is 5.90. The SMILES string of the molecule is O=C1C(=O)N(CCO)C(c2ccccc2F)C1C(=O)c1ccc(Br)cc1. The third-order valence-corrected chi connectivity index (χ3v) is 4.91. The van der Waals surface area contributed by atoms with E-state index >= 15 is 0 Å². The van der Waals surface area contributed by atoms with Gasteiger partial charge in [0.1, 0.15) is 11.7 Å². The van der Waals surface area contributed by atoms with Crippen LogP contribution < -0.4 is 0 Å². The molecule has 7 heteroatoms. The first kappa shape index (κ1) is 18.4. The Morgan fingerprint density at radius 1 is 1.12 bits per heavy atom. The number of likely N-dealkylation sites (tertiary alicyclic amines) is 1. The predicted molar refractivity (Wildman–Crippen MR) is 94.9 cm³/mol. The summed E-state index contributed by atoms with van der Waals surface area (Å²) in [5, 5.41) is 9.25. The van der Waals surface area contributed by atoms with E-state index in [4.69, 9.17) is 0 Å². The van der Waals surface area contributed by atoms with Crippen LogP contribution in [0, 0.1) is 11.7 Å². The Balaban J connectivity index is 2.09. The lowest BCUT2D eigenvalue weighted by atomic mass is 9.86. The summed E-state index contributed by atoms with van der Waals surface area (Å²) in [5.41, 5.74) is 0.335. The molecule has 0 bridgehead atoms. The quantitative estimate of drug-likeness (QED) is 0.459. The Morgan fingerprint density at radius 3 is 2.38 bits per heavy atom. The normalized spacial score (nSPS) is 19.9. The Hall–Kier alpha value is -2.38. The van der Waals surface area contributed by atoms with E-state index in [2.05, 4.69) is 15.9 Å². The summed E-state index contributed by atoms with van der Waals surface area (Å²) in [5.74, 6) is -4.30. The highest BCUT2D eigenvalue weighted by Gasteiger charge is 2.52. The lowest BCUT2D eigenvalue weighted by molar-refractivity contribution is -0.141. The second kappa shape index (κ2) is 7.47. The minimum absolute atomic E-state index is 0.0793. The molecule has 2 aromatic rings. The number of halogens is 2. The fourth-order valence-corrected chi connectivity index (χ4v) is 3.46. The van der Waals surface area contributed by atoms with E-state index in [1.165, 1.54) is 30.3 Å². The van der Waals surface area contributed by atoms with Gasteiger partial charge in [0.25, 0.3) is 5.91 Å². The van der Waals surface area contributed by atoms with Gasteiger partial charge in [-0.05, 0) is 18.2 Å². The molecule has 1 aliphatic rings. The number of rotatable bonds is 5. The number of Topliss-reactive ketones (excluding diaryl/α,β-unsaturated/α-hetero) is 2. The fourth-order valence-electron chi connectivity index (χ4n) is 3.19. The number of carbonyl (C=O) groups is 3. The van der Waals surface area contributed by atoms with Gasteiger partial charge in [0.05, 0.1) is 12.6 Å². The third-order valence-electron chi connectivity index (χ3n) is 4.38. The van der Waals surface area contributed by atoms with Crippen LogP contribution in [-0.4, -0.2) is 40.6 Å². The molecule has 0 radical (unpaired) electrons. The molecule has 0 saturated carbocycles. The van der Waals surface area contributed by atoms with Crippen LogP contribution in [-0.2, 0) is 9.59 Å². The lowest BCUT2D eigenvalue weighted by Gasteiger charge is -2.26. The van der Waals surface area contributed by atoms with Gasteiger partial charge in [-0.25, -0.2) is 4.39 Å². The average Bonchev–Trinajstić information content (AvgIpc) is 2.87. The Morgan fingerprint density at radius 2 is 1.77 bits per heavy atom. The van der Waals surface area contributed by atoms with Crippen LogP contribution in [0.25, 0.3) is 0 Å². The second-order valence-corrected chi connectivity index (χ2v) is 6.82. The largest absolute Gasteiger partial charge is 0.395 e. The van der Waals surface area contributed by atoms with E-state index in [0.717, 1.165) is 9.37 Å². The van der Waals surface area contributed by atoms with E-state index in [1.807, 2.05) is 0 Å². The molecule has 1 N–H and O–H groups in total. The molecule has 3 rings (SSSR count). The summed E-state index contributed by atoms with van der Waals surface area (Å²) >= 11 is 3.27. The van der Waals surface area contributed by atoms with Crippen molar-refractivity contribution in [3.05, 3.63) is 69.9 Å². The maximum Gasteiger partial charge on any atom is 0.291 e. The molecule has 1 heterocycles. The zero-order chi connectivity index (χ0) is 18.8. The molecule has 2 unspecified atom stereocenters. The molecule has 5 nitrogen and oxygen atoms in total. The number of aliphatic hydroxyl groups is 1. The number of hydrogen-bond donors (Lipinski definition) is 1. The third kappa shape index (κ3) is 3.20. The molecule has 1 fully saturated rings. The van der Waals surface area contributed by atoms with Crippen molar-refractivity contribution in [1.29, 1.82) is 0 Å². The molecule has 1 saturated heterocycles. The minimum Gasteiger partial charge on any atom is -0.395 e. The number of carbonyl (C=O) groups excluding carboxylic acids is 3. The van der Waals surface area contributed by atoms with Crippen LogP contribution in [0.2, 0.25) is 0 Å². The van der Waals surface area contributed by atoms with Gasteiger partial charge >= 0.3 is 0 Å². The molecule has 0 aromatic heterocycles. The van der Waals surface area contributed by atoms with Gasteiger partial charge in [-0.3, -0.25) is 14.4 Å². The highest BCUT2D eigenvalue weighted by Crippen LogP contribution is 2.39. The lowest BCUT2D eigenvalue weighted by Crippen LogP contribution is -2.33. The molecule has 134 valence electrons. The van der Waals surface area contributed by atoms with Crippen LogP contribution in [0.15, 0.2) is 53.0 Å². The fraction of sp³-hybridized carbons (Fsp3) is 0.211. The van der Waals surface area contributed by atoms with Gasteiger partial charge in [-0.2, -0.15) is 0 Å². The predicted octanol–water partition coefficient (Wildman–Crippen LogP) is 2.53. The molecule has 2 aromatic carbocycles. The number of hydrogen-bond acceptors (Lipinski definition) is 4. The summed E-state index contributed by atoms with van der Waals surface area (Å²) in [6.45, 7) is -0.559. The molecule has 1 aliphatic heterocycles. The van der Waals surface area contributed by atoms with Gasteiger partial charge in [0.2, 0.25) is 5.78 Å². The van der Waals surface area contributed by atoms with Crippen LogP contribution in [0.3, 0.4) is 0 Å². The van der Waals surface area contributed by atoms with Gasteiger partial charge < -0.3 is 10.0 Å². The zero-order valence-corrected chi connectivity index (χ0v) is 15.1. The first-order valence-corrected chi connectivity index (χ1v) is 8.75. The average molecular weight is 420 g/mol. The molecule has 0 spiro atoms. The van der Waals surface area contributed by atoms with E-state index in [1.54, 1.807) is 18.2 Å². The minimum atomic E-state index is -1.35. The van der Waals surface area contributed by atoms with Crippen LogP contribution in [0.1, 0.15) is 22.0 Å². The number of amides is 1. The van der Waals surface area contributed by atoms with Crippen LogP contribution in [0.5, 0.6) is 0 Å². The van der Waals surface area contributed by atoms with Gasteiger partial charge in [0, 0.05) is 22.1 Å².